The third kappa shape index (κ3) is 4.57. The Morgan fingerprint density at radius 1 is 1.20 bits per heavy atom. The summed E-state index contributed by atoms with van der Waals surface area (Å²) in [6.45, 7) is 8.68. The van der Waals surface area contributed by atoms with E-state index in [1.54, 1.807) is 0 Å². The first-order valence-electron chi connectivity index (χ1n) is 8.93. The lowest BCUT2D eigenvalue weighted by Gasteiger charge is -2.34. The number of hydrogen-bond acceptors (Lipinski definition) is 4. The lowest BCUT2D eigenvalue weighted by atomic mass is 10.2. The zero-order chi connectivity index (χ0) is 17.6. The van der Waals surface area contributed by atoms with Gasteiger partial charge in [0, 0.05) is 37.4 Å². The number of piperazine rings is 1. The number of anilines is 1. The molecule has 0 bridgehead atoms. The number of hydrogen-bond donors (Lipinski definition) is 2. The van der Waals surface area contributed by atoms with Gasteiger partial charge < -0.3 is 10.2 Å². The van der Waals surface area contributed by atoms with Gasteiger partial charge in [-0.2, -0.15) is 5.10 Å². The summed E-state index contributed by atoms with van der Waals surface area (Å²) in [5, 5.41) is 9.95. The van der Waals surface area contributed by atoms with Gasteiger partial charge in [-0.1, -0.05) is 13.3 Å². The maximum Gasteiger partial charge on any atom is 0.321 e. The van der Waals surface area contributed by atoms with Crippen molar-refractivity contribution >= 4 is 11.7 Å². The highest BCUT2D eigenvalue weighted by Gasteiger charge is 2.20. The zero-order valence-corrected chi connectivity index (χ0v) is 15.0. The van der Waals surface area contributed by atoms with Gasteiger partial charge in [0.1, 0.15) is 5.82 Å². The SMILES string of the molecule is CCCCN1CCN(C(=O)Nc2ccc(-c3n[nH]c(C)n3)cc2)CC1. The van der Waals surface area contributed by atoms with Crippen LogP contribution in [0.4, 0.5) is 10.5 Å². The summed E-state index contributed by atoms with van der Waals surface area (Å²) < 4.78 is 0. The van der Waals surface area contributed by atoms with E-state index in [0.29, 0.717) is 5.82 Å². The predicted octanol–water partition coefficient (Wildman–Crippen LogP) is 2.73. The largest absolute Gasteiger partial charge is 0.322 e. The molecule has 0 spiro atoms. The molecule has 1 aromatic carbocycles. The minimum absolute atomic E-state index is 0.0309. The number of urea groups is 1. The van der Waals surface area contributed by atoms with Crippen LogP contribution in [-0.4, -0.2) is 63.7 Å². The number of carbonyl (C=O) groups is 1. The van der Waals surface area contributed by atoms with E-state index in [9.17, 15) is 4.79 Å². The molecule has 1 aromatic heterocycles. The second-order valence-corrected chi connectivity index (χ2v) is 6.43. The van der Waals surface area contributed by atoms with E-state index in [0.717, 1.165) is 49.8 Å². The fourth-order valence-corrected chi connectivity index (χ4v) is 2.93. The fourth-order valence-electron chi connectivity index (χ4n) is 2.93. The molecule has 25 heavy (non-hydrogen) atoms. The van der Waals surface area contributed by atoms with Crippen LogP contribution in [0, 0.1) is 6.92 Å². The second kappa shape index (κ2) is 8.11. The maximum atomic E-state index is 12.4. The molecule has 2 aromatic rings. The Morgan fingerprint density at radius 2 is 1.92 bits per heavy atom. The van der Waals surface area contributed by atoms with E-state index in [2.05, 4.69) is 32.3 Å². The summed E-state index contributed by atoms with van der Waals surface area (Å²) in [4.78, 5) is 21.0. The Bertz CT molecular complexity index is 688. The Balaban J connectivity index is 1.51. The summed E-state index contributed by atoms with van der Waals surface area (Å²) in [6.07, 6.45) is 2.44. The van der Waals surface area contributed by atoms with Crippen molar-refractivity contribution in [3.63, 3.8) is 0 Å². The number of rotatable bonds is 5. The van der Waals surface area contributed by atoms with Crippen LogP contribution in [0.1, 0.15) is 25.6 Å². The smallest absolute Gasteiger partial charge is 0.321 e. The summed E-state index contributed by atoms with van der Waals surface area (Å²) in [5.41, 5.74) is 1.71. The van der Waals surface area contributed by atoms with Crippen molar-refractivity contribution < 1.29 is 4.79 Å². The number of aryl methyl sites for hydroxylation is 1. The number of H-pyrrole nitrogens is 1. The Morgan fingerprint density at radius 3 is 2.52 bits per heavy atom. The van der Waals surface area contributed by atoms with Crippen LogP contribution in [0.3, 0.4) is 0 Å². The maximum absolute atomic E-state index is 12.4. The molecule has 1 aliphatic heterocycles. The minimum Gasteiger partial charge on any atom is -0.322 e. The molecule has 7 nitrogen and oxygen atoms in total. The molecule has 134 valence electrons. The minimum atomic E-state index is -0.0309. The van der Waals surface area contributed by atoms with Gasteiger partial charge >= 0.3 is 6.03 Å². The summed E-state index contributed by atoms with van der Waals surface area (Å²) >= 11 is 0. The van der Waals surface area contributed by atoms with E-state index in [-0.39, 0.29) is 6.03 Å². The average molecular weight is 342 g/mol. The van der Waals surface area contributed by atoms with E-state index in [1.807, 2.05) is 36.1 Å². The first-order chi connectivity index (χ1) is 12.2. The second-order valence-electron chi connectivity index (χ2n) is 6.43. The summed E-state index contributed by atoms with van der Waals surface area (Å²) in [6, 6.07) is 7.57. The van der Waals surface area contributed by atoms with Crippen LogP contribution in [0.5, 0.6) is 0 Å². The molecular formula is C18H26N6O. The molecule has 0 atom stereocenters. The van der Waals surface area contributed by atoms with E-state index >= 15 is 0 Å². The Kier molecular flexibility index (Phi) is 5.65. The van der Waals surface area contributed by atoms with Gasteiger partial charge in [-0.25, -0.2) is 9.78 Å². The number of nitrogens with one attached hydrogen (secondary N) is 2. The number of benzene rings is 1. The highest BCUT2D eigenvalue weighted by molar-refractivity contribution is 5.89. The molecule has 0 saturated carbocycles. The van der Waals surface area contributed by atoms with E-state index in [4.69, 9.17) is 0 Å². The van der Waals surface area contributed by atoms with Crippen molar-refractivity contribution in [3.8, 4) is 11.4 Å². The number of carbonyl (C=O) groups excluding carboxylic acids is 1. The van der Waals surface area contributed by atoms with Gasteiger partial charge in [0.2, 0.25) is 0 Å². The molecule has 2 heterocycles. The molecule has 1 saturated heterocycles. The quantitative estimate of drug-likeness (QED) is 0.876. The Labute approximate surface area is 148 Å². The van der Waals surface area contributed by atoms with Crippen molar-refractivity contribution in [1.82, 2.24) is 25.0 Å². The summed E-state index contributed by atoms with van der Waals surface area (Å²) in [7, 11) is 0. The molecule has 1 fully saturated rings. The van der Waals surface area contributed by atoms with Crippen LogP contribution in [0.2, 0.25) is 0 Å². The number of amides is 2. The molecular weight excluding hydrogens is 316 g/mol. The van der Waals surface area contributed by atoms with Gasteiger partial charge in [0.25, 0.3) is 0 Å². The standard InChI is InChI=1S/C18H26N6O/c1-3-4-9-23-10-12-24(13-11-23)18(25)20-16-7-5-15(6-8-16)17-19-14(2)21-22-17/h5-8H,3-4,9-13H2,1-2H3,(H,20,25)(H,19,21,22). The Hall–Kier alpha value is -2.41. The first-order valence-corrected chi connectivity index (χ1v) is 8.93. The van der Waals surface area contributed by atoms with Gasteiger partial charge in [-0.05, 0) is 44.2 Å². The molecule has 2 N–H and O–H groups in total. The predicted molar refractivity (Wildman–Crippen MR) is 98.5 cm³/mol. The van der Waals surface area contributed by atoms with Crippen LogP contribution in [0.25, 0.3) is 11.4 Å². The topological polar surface area (TPSA) is 77.1 Å². The first kappa shape index (κ1) is 17.4. The third-order valence-corrected chi connectivity index (χ3v) is 4.48. The third-order valence-electron chi connectivity index (χ3n) is 4.48. The number of nitrogens with zero attached hydrogens (tertiary/aromatic N) is 4. The highest BCUT2D eigenvalue weighted by Crippen LogP contribution is 2.18. The number of unbranched alkanes of at least 4 members (excludes halogenated alkanes) is 1. The zero-order valence-electron chi connectivity index (χ0n) is 15.0. The van der Waals surface area contributed by atoms with E-state index in [1.165, 1.54) is 12.8 Å². The normalized spacial score (nSPS) is 15.4. The highest BCUT2D eigenvalue weighted by atomic mass is 16.2. The average Bonchev–Trinajstić information content (AvgIpc) is 3.07. The van der Waals surface area contributed by atoms with Crippen LogP contribution < -0.4 is 5.32 Å². The molecule has 0 aliphatic carbocycles. The molecule has 0 radical (unpaired) electrons. The molecule has 1 aliphatic rings. The van der Waals surface area contributed by atoms with Gasteiger partial charge in [-0.3, -0.25) is 10.00 Å². The van der Waals surface area contributed by atoms with Gasteiger partial charge in [-0.15, -0.1) is 0 Å². The van der Waals surface area contributed by atoms with Crippen LogP contribution >= 0.6 is 0 Å². The van der Waals surface area contributed by atoms with Crippen molar-refractivity contribution in [3.05, 3.63) is 30.1 Å². The van der Waals surface area contributed by atoms with Gasteiger partial charge in [0.15, 0.2) is 5.82 Å². The molecule has 7 heteroatoms. The van der Waals surface area contributed by atoms with Crippen molar-refractivity contribution in [1.29, 1.82) is 0 Å². The lowest BCUT2D eigenvalue weighted by molar-refractivity contribution is 0.146. The van der Waals surface area contributed by atoms with Crippen LogP contribution in [-0.2, 0) is 0 Å². The molecule has 2 amide bonds. The molecule has 0 unspecified atom stereocenters. The monoisotopic (exact) mass is 342 g/mol. The van der Waals surface area contributed by atoms with E-state index < -0.39 is 0 Å². The number of aromatic nitrogens is 3. The van der Waals surface area contributed by atoms with Crippen molar-refractivity contribution in [2.24, 2.45) is 0 Å². The van der Waals surface area contributed by atoms with Gasteiger partial charge in [0.05, 0.1) is 0 Å². The lowest BCUT2D eigenvalue weighted by Crippen LogP contribution is -2.50. The van der Waals surface area contributed by atoms with Crippen LogP contribution in [0.15, 0.2) is 24.3 Å². The van der Waals surface area contributed by atoms with Crippen molar-refractivity contribution in [2.45, 2.75) is 26.7 Å². The van der Waals surface area contributed by atoms with Crippen molar-refractivity contribution in [2.75, 3.05) is 38.0 Å². The molecule has 3 rings (SSSR count). The summed E-state index contributed by atoms with van der Waals surface area (Å²) in [5.74, 6) is 1.45. The number of aromatic amines is 1. The fraction of sp³-hybridized carbons (Fsp3) is 0.500.